The first-order chi connectivity index (χ1) is 21.8. The summed E-state index contributed by atoms with van der Waals surface area (Å²) in [5.41, 5.74) is 11.7. The Labute approximate surface area is 287 Å². The molecule has 0 aliphatic heterocycles. The highest BCUT2D eigenvalue weighted by atomic mass is 35.5. The van der Waals surface area contributed by atoms with Crippen LogP contribution >= 0.6 is 11.6 Å². The fourth-order valence-corrected chi connectivity index (χ4v) is 12.2. The number of guanidine groups is 1. The number of carbonyl (C=O) groups is 2. The van der Waals surface area contributed by atoms with E-state index in [1.54, 1.807) is 13.8 Å². The monoisotopic (exact) mass is 747 g/mol. The molecule has 260 valence electrons. The van der Waals surface area contributed by atoms with Crippen molar-refractivity contribution in [2.24, 2.45) is 16.5 Å². The summed E-state index contributed by atoms with van der Waals surface area (Å²) in [7, 11) is -10.1. The fraction of sp³-hybridized carbons (Fsp3) is 0.516. The van der Waals surface area contributed by atoms with E-state index in [0.717, 1.165) is 76.7 Å². The molecule has 0 saturated heterocycles. The minimum atomic E-state index is -3.67. The summed E-state index contributed by atoms with van der Waals surface area (Å²) in [6.45, 7) is 3.31. The quantitative estimate of drug-likeness (QED) is 0.221. The molecule has 2 aromatic carbocycles. The summed E-state index contributed by atoms with van der Waals surface area (Å²) in [6, 6.07) is 5.54. The third-order valence-electron chi connectivity index (χ3n) is 8.20. The number of aryl methyl sites for hydroxylation is 2. The Bertz CT molecular complexity index is 1830. The number of hydrogen-bond acceptors (Lipinski definition) is 8. The Morgan fingerprint density at radius 3 is 1.40 bits per heavy atom. The summed E-state index contributed by atoms with van der Waals surface area (Å²) in [4.78, 5) is 27.4. The number of rotatable bonds is 8. The number of halogens is 1. The summed E-state index contributed by atoms with van der Waals surface area (Å²) < 4.78 is 74.3. The zero-order valence-electron chi connectivity index (χ0n) is 26.9. The Hall–Kier alpha value is -2.46. The molecule has 1 amide bonds. The number of nitrogens with two attached hydrogens (primary N) is 2. The predicted octanol–water partition coefficient (Wildman–Crippen LogP) is 4.47. The molecule has 4 N–H and O–H groups in total. The maximum Gasteiger partial charge on any atom is 0.280 e. The van der Waals surface area contributed by atoms with Crippen molar-refractivity contribution >= 4 is 70.0 Å². The van der Waals surface area contributed by atoms with E-state index in [2.05, 4.69) is 4.99 Å². The molecule has 16 heteroatoms. The molecule has 4 rings (SSSR count). The second-order valence-corrected chi connectivity index (χ2v) is 19.7. The highest BCUT2D eigenvalue weighted by Crippen LogP contribution is 2.33. The maximum atomic E-state index is 13.0. The van der Waals surface area contributed by atoms with Crippen molar-refractivity contribution in [2.45, 2.75) is 108 Å². The molecule has 2 aromatic rings. The first-order valence-electron chi connectivity index (χ1n) is 15.2. The van der Waals surface area contributed by atoms with Crippen molar-refractivity contribution in [3.8, 4) is 0 Å². The van der Waals surface area contributed by atoms with Crippen LogP contribution in [0.15, 0.2) is 48.8 Å². The molecule has 0 aromatic heterocycles. The number of benzene rings is 2. The van der Waals surface area contributed by atoms with Gasteiger partial charge in [0.2, 0.25) is 0 Å². The summed E-state index contributed by atoms with van der Waals surface area (Å²) in [5, 5.41) is -0.795. The van der Waals surface area contributed by atoms with Crippen LogP contribution in [0.1, 0.15) is 96.1 Å². The molecule has 2 fully saturated rings. The first kappa shape index (κ1) is 39.0. The van der Waals surface area contributed by atoms with Gasteiger partial charge in [-0.15, -0.1) is 0 Å². The number of hydrogen-bond donors (Lipinski definition) is 2. The van der Waals surface area contributed by atoms with E-state index in [9.17, 15) is 34.8 Å². The van der Waals surface area contributed by atoms with Crippen LogP contribution in [-0.2, 0) is 41.3 Å². The third-order valence-corrected chi connectivity index (χ3v) is 14.6. The number of aliphatic imine (C=N–C) groups is 1. The molecule has 0 bridgehead atoms. The molecule has 2 unspecified atom stereocenters. The fourth-order valence-electron chi connectivity index (χ4n) is 5.75. The molecule has 0 heterocycles. The highest BCUT2D eigenvalue weighted by Gasteiger charge is 2.29. The second kappa shape index (κ2) is 16.3. The normalized spacial score (nSPS) is 17.6. The average molecular weight is 748 g/mol. The van der Waals surface area contributed by atoms with Crippen LogP contribution in [0, 0.1) is 13.8 Å². The SMILES string of the molecule is Cc1cc(S(=O)C2CCCCC2)c(S(C)(=O)=O)cc1C(=O)Cl.Cc1cc(S(=O)C2CCCCC2)c(S(C)(=O)=O)cc1C(=O)N=C(N)N. The van der Waals surface area contributed by atoms with E-state index >= 15 is 0 Å². The van der Waals surface area contributed by atoms with Crippen LogP contribution < -0.4 is 11.5 Å². The van der Waals surface area contributed by atoms with Gasteiger partial charge in [-0.1, -0.05) is 38.5 Å². The number of carbonyl (C=O) groups excluding carboxylic acids is 2. The van der Waals surface area contributed by atoms with Crippen molar-refractivity contribution in [3.05, 3.63) is 46.5 Å². The van der Waals surface area contributed by atoms with E-state index in [4.69, 9.17) is 23.1 Å². The Kier molecular flexibility index (Phi) is 13.5. The largest absolute Gasteiger partial charge is 0.370 e. The van der Waals surface area contributed by atoms with Crippen LogP contribution in [0.4, 0.5) is 0 Å². The minimum Gasteiger partial charge on any atom is -0.370 e. The van der Waals surface area contributed by atoms with Crippen LogP contribution in [0.5, 0.6) is 0 Å². The molecule has 47 heavy (non-hydrogen) atoms. The standard InChI is InChI=1S/C16H23N3O4S2.C15H19ClO4S2/c1-10-8-13(24(21)11-6-4-3-5-7-11)14(25(2,22)23)9-12(10)15(20)19-16(17)18;1-10-8-13(21(18)11-6-4-3-5-7-11)14(22(2,19)20)9-12(10)15(16)17/h8-9,11H,3-7H2,1-2H3,(H4,17,18,19,20);8-9,11H,3-7H2,1-2H3. The van der Waals surface area contributed by atoms with Crippen LogP contribution in [0.2, 0.25) is 0 Å². The molecule has 2 saturated carbocycles. The number of nitrogens with zero attached hydrogens (tertiary/aromatic N) is 1. The molecule has 11 nitrogen and oxygen atoms in total. The van der Waals surface area contributed by atoms with Gasteiger partial charge in [0.05, 0.1) is 41.2 Å². The van der Waals surface area contributed by atoms with E-state index in [1.807, 2.05) is 0 Å². The predicted molar refractivity (Wildman–Crippen MR) is 185 cm³/mol. The van der Waals surface area contributed by atoms with Crippen molar-refractivity contribution in [1.29, 1.82) is 0 Å². The second-order valence-electron chi connectivity index (χ2n) is 12.0. The van der Waals surface area contributed by atoms with Gasteiger partial charge in [0.25, 0.3) is 11.1 Å². The Morgan fingerprint density at radius 1 is 0.702 bits per heavy atom. The number of sulfone groups is 2. The van der Waals surface area contributed by atoms with Crippen LogP contribution in [-0.4, -0.2) is 65.4 Å². The lowest BCUT2D eigenvalue weighted by Crippen LogP contribution is -2.24. The summed E-state index contributed by atoms with van der Waals surface area (Å²) in [5.74, 6) is -1.13. The van der Waals surface area contributed by atoms with Gasteiger partial charge >= 0.3 is 0 Å². The van der Waals surface area contributed by atoms with Gasteiger partial charge in [-0.25, -0.2) is 16.8 Å². The lowest BCUT2D eigenvalue weighted by atomic mass is 10.0. The van der Waals surface area contributed by atoms with Crippen molar-refractivity contribution in [2.75, 3.05) is 12.5 Å². The van der Waals surface area contributed by atoms with Crippen molar-refractivity contribution in [3.63, 3.8) is 0 Å². The Morgan fingerprint density at radius 2 is 1.06 bits per heavy atom. The summed E-state index contributed by atoms with van der Waals surface area (Å²) in [6.07, 6.45) is 11.6. The van der Waals surface area contributed by atoms with Gasteiger partial charge in [0.1, 0.15) is 0 Å². The highest BCUT2D eigenvalue weighted by molar-refractivity contribution is 7.92. The molecular formula is C31H42ClN3O8S4. The third kappa shape index (κ3) is 10.3. The molecule has 2 aliphatic carbocycles. The topological polar surface area (TPSA) is 201 Å². The van der Waals surface area contributed by atoms with E-state index in [-0.39, 0.29) is 36.3 Å². The molecule has 2 aliphatic rings. The lowest BCUT2D eigenvalue weighted by Gasteiger charge is -2.22. The van der Waals surface area contributed by atoms with Gasteiger partial charge < -0.3 is 11.5 Å². The smallest absolute Gasteiger partial charge is 0.280 e. The van der Waals surface area contributed by atoms with Gasteiger partial charge in [-0.3, -0.25) is 18.0 Å². The molecular weight excluding hydrogens is 706 g/mol. The van der Waals surface area contributed by atoms with Gasteiger partial charge in [-0.2, -0.15) is 4.99 Å². The molecule has 2 atom stereocenters. The zero-order valence-corrected chi connectivity index (χ0v) is 30.9. The van der Waals surface area contributed by atoms with Crippen molar-refractivity contribution in [1.82, 2.24) is 0 Å². The minimum absolute atomic E-state index is 0.0220. The number of amides is 1. The van der Waals surface area contributed by atoms with E-state index in [1.165, 1.54) is 24.3 Å². The van der Waals surface area contributed by atoms with Gasteiger partial charge in [-0.05, 0) is 86.5 Å². The lowest BCUT2D eigenvalue weighted by molar-refractivity contribution is 0.100. The van der Waals surface area contributed by atoms with Crippen LogP contribution in [0.3, 0.4) is 0 Å². The molecule has 0 spiro atoms. The molecule has 0 radical (unpaired) electrons. The Balaban J connectivity index is 0.000000257. The van der Waals surface area contributed by atoms with E-state index in [0.29, 0.717) is 16.0 Å². The van der Waals surface area contributed by atoms with Crippen LogP contribution in [0.25, 0.3) is 0 Å². The van der Waals surface area contributed by atoms with Gasteiger partial charge in [0, 0.05) is 34.1 Å². The van der Waals surface area contributed by atoms with Gasteiger partial charge in [0.15, 0.2) is 25.6 Å². The zero-order chi connectivity index (χ0) is 35.3. The van der Waals surface area contributed by atoms with Crippen molar-refractivity contribution < 1.29 is 34.8 Å². The average Bonchev–Trinajstić information content (AvgIpc) is 2.99. The van der Waals surface area contributed by atoms with E-state index < -0.39 is 58.4 Å². The summed E-state index contributed by atoms with van der Waals surface area (Å²) >= 11 is 5.50. The first-order valence-corrected chi connectivity index (χ1v) is 21.8. The maximum absolute atomic E-state index is 13.0.